The van der Waals surface area contributed by atoms with Crippen LogP contribution in [0.15, 0.2) is 34.7 Å². The van der Waals surface area contributed by atoms with E-state index in [4.69, 9.17) is 4.42 Å². The third-order valence-electron chi connectivity index (χ3n) is 2.89. The Balaban J connectivity index is 1.89. The van der Waals surface area contributed by atoms with Gasteiger partial charge < -0.3 is 15.1 Å². The number of amides is 2. The number of halogens is 1. The quantitative estimate of drug-likeness (QED) is 0.852. The van der Waals surface area contributed by atoms with Crippen molar-refractivity contribution in [3.8, 4) is 0 Å². The molecule has 2 aromatic rings. The largest absolute Gasteiger partial charge is 0.466 e. The number of carbonyl (C=O) groups excluding carboxylic acids is 2. The summed E-state index contributed by atoms with van der Waals surface area (Å²) in [6, 6.07) is 6.96. The zero-order valence-corrected chi connectivity index (χ0v) is 11.7. The summed E-state index contributed by atoms with van der Waals surface area (Å²) in [7, 11) is 0. The van der Waals surface area contributed by atoms with Crippen molar-refractivity contribution in [2.24, 2.45) is 0 Å². The van der Waals surface area contributed by atoms with Gasteiger partial charge in [-0.05, 0) is 44.2 Å². The van der Waals surface area contributed by atoms with Crippen LogP contribution in [0, 0.1) is 19.7 Å². The number of furan rings is 1. The lowest BCUT2D eigenvalue weighted by Crippen LogP contribution is -2.35. The van der Waals surface area contributed by atoms with Crippen molar-refractivity contribution < 1.29 is 18.4 Å². The van der Waals surface area contributed by atoms with Crippen LogP contribution in [0.5, 0.6) is 0 Å². The molecule has 2 rings (SSSR count). The van der Waals surface area contributed by atoms with Crippen LogP contribution in [-0.4, -0.2) is 11.8 Å². The monoisotopic (exact) mass is 290 g/mol. The molecule has 1 heterocycles. The number of carbonyl (C=O) groups is 2. The molecule has 1 aromatic heterocycles. The molecule has 0 radical (unpaired) electrons. The van der Waals surface area contributed by atoms with Crippen LogP contribution < -0.4 is 10.6 Å². The van der Waals surface area contributed by atoms with Crippen molar-refractivity contribution in [1.82, 2.24) is 5.32 Å². The third-order valence-corrected chi connectivity index (χ3v) is 2.89. The summed E-state index contributed by atoms with van der Waals surface area (Å²) in [5.41, 5.74) is 1.17. The SMILES string of the molecule is Cc1cc(CNC(=O)C(=O)Nc2ccc(F)cc2)c(C)o1. The molecule has 0 atom stereocenters. The number of rotatable bonds is 3. The number of hydrogen-bond acceptors (Lipinski definition) is 3. The molecule has 0 aliphatic carbocycles. The molecule has 1 aromatic carbocycles. The van der Waals surface area contributed by atoms with Crippen molar-refractivity contribution in [3.63, 3.8) is 0 Å². The zero-order valence-electron chi connectivity index (χ0n) is 11.7. The molecule has 0 aliphatic heterocycles. The van der Waals surface area contributed by atoms with E-state index in [-0.39, 0.29) is 6.54 Å². The Labute approximate surface area is 121 Å². The van der Waals surface area contributed by atoms with Gasteiger partial charge in [0.2, 0.25) is 0 Å². The molecular weight excluding hydrogens is 275 g/mol. The average molecular weight is 290 g/mol. The van der Waals surface area contributed by atoms with E-state index in [1.807, 2.05) is 0 Å². The highest BCUT2D eigenvalue weighted by Crippen LogP contribution is 2.13. The number of nitrogens with one attached hydrogen (secondary N) is 2. The van der Waals surface area contributed by atoms with Gasteiger partial charge in [0.25, 0.3) is 0 Å². The molecule has 2 N–H and O–H groups in total. The topological polar surface area (TPSA) is 71.3 Å². The van der Waals surface area contributed by atoms with Gasteiger partial charge in [-0.25, -0.2) is 4.39 Å². The van der Waals surface area contributed by atoms with Gasteiger partial charge in [-0.2, -0.15) is 0 Å². The molecule has 110 valence electrons. The Morgan fingerprint density at radius 3 is 2.38 bits per heavy atom. The lowest BCUT2D eigenvalue weighted by molar-refractivity contribution is -0.136. The van der Waals surface area contributed by atoms with Crippen LogP contribution in [0.2, 0.25) is 0 Å². The molecule has 21 heavy (non-hydrogen) atoms. The summed E-state index contributed by atoms with van der Waals surface area (Å²) >= 11 is 0. The van der Waals surface area contributed by atoms with Crippen molar-refractivity contribution in [3.05, 3.63) is 53.2 Å². The minimum absolute atomic E-state index is 0.207. The fourth-order valence-corrected chi connectivity index (χ4v) is 1.84. The first-order chi connectivity index (χ1) is 9.95. The lowest BCUT2D eigenvalue weighted by atomic mass is 10.2. The molecule has 0 fully saturated rings. The standard InChI is InChI=1S/C15H15FN2O3/c1-9-7-11(10(2)21-9)8-17-14(19)15(20)18-13-5-3-12(16)4-6-13/h3-7H,8H2,1-2H3,(H,17,19)(H,18,20). The predicted octanol–water partition coefficient (Wildman–Crippen LogP) is 2.29. The molecule has 0 spiro atoms. The van der Waals surface area contributed by atoms with Gasteiger partial charge in [0.1, 0.15) is 17.3 Å². The average Bonchev–Trinajstić information content (AvgIpc) is 2.76. The summed E-state index contributed by atoms with van der Waals surface area (Å²) in [4.78, 5) is 23.3. The Morgan fingerprint density at radius 1 is 1.14 bits per heavy atom. The Kier molecular flexibility index (Phi) is 4.37. The summed E-state index contributed by atoms with van der Waals surface area (Å²) < 4.78 is 18.1. The maximum absolute atomic E-state index is 12.7. The van der Waals surface area contributed by atoms with Crippen LogP contribution in [0.3, 0.4) is 0 Å². The number of hydrogen-bond donors (Lipinski definition) is 2. The zero-order chi connectivity index (χ0) is 15.4. The van der Waals surface area contributed by atoms with E-state index < -0.39 is 17.6 Å². The van der Waals surface area contributed by atoms with Gasteiger partial charge in [-0.3, -0.25) is 9.59 Å². The molecule has 0 saturated heterocycles. The van der Waals surface area contributed by atoms with Gasteiger partial charge in [0.05, 0.1) is 0 Å². The van der Waals surface area contributed by atoms with E-state index >= 15 is 0 Å². The van der Waals surface area contributed by atoms with Gasteiger partial charge in [-0.15, -0.1) is 0 Å². The smallest absolute Gasteiger partial charge is 0.313 e. The van der Waals surface area contributed by atoms with Gasteiger partial charge in [-0.1, -0.05) is 0 Å². The first-order valence-electron chi connectivity index (χ1n) is 6.36. The van der Waals surface area contributed by atoms with Crippen LogP contribution in [0.1, 0.15) is 17.1 Å². The normalized spacial score (nSPS) is 10.2. The first kappa shape index (κ1) is 14.8. The summed E-state index contributed by atoms with van der Waals surface area (Å²) in [6.45, 7) is 3.80. The Bertz CT molecular complexity index is 662. The van der Waals surface area contributed by atoms with Crippen molar-refractivity contribution in [1.29, 1.82) is 0 Å². The summed E-state index contributed by atoms with van der Waals surface area (Å²) in [5, 5.41) is 4.88. The van der Waals surface area contributed by atoms with Crippen molar-refractivity contribution in [2.45, 2.75) is 20.4 Å². The summed E-state index contributed by atoms with van der Waals surface area (Å²) in [6.07, 6.45) is 0. The maximum Gasteiger partial charge on any atom is 0.313 e. The highest BCUT2D eigenvalue weighted by atomic mass is 19.1. The lowest BCUT2D eigenvalue weighted by Gasteiger charge is -2.06. The van der Waals surface area contributed by atoms with Crippen LogP contribution in [-0.2, 0) is 16.1 Å². The van der Waals surface area contributed by atoms with Gasteiger partial charge >= 0.3 is 11.8 Å². The highest BCUT2D eigenvalue weighted by Gasteiger charge is 2.14. The molecule has 0 saturated carbocycles. The number of aryl methyl sites for hydroxylation is 2. The van der Waals surface area contributed by atoms with E-state index in [2.05, 4.69) is 10.6 Å². The number of benzene rings is 1. The van der Waals surface area contributed by atoms with Gasteiger partial charge in [0.15, 0.2) is 0 Å². The Morgan fingerprint density at radius 2 is 1.81 bits per heavy atom. The molecule has 0 unspecified atom stereocenters. The minimum atomic E-state index is -0.806. The van der Waals surface area contributed by atoms with Crippen molar-refractivity contribution >= 4 is 17.5 Å². The van der Waals surface area contributed by atoms with E-state index in [1.54, 1.807) is 19.9 Å². The molecular formula is C15H15FN2O3. The molecule has 0 aliphatic rings. The first-order valence-corrected chi connectivity index (χ1v) is 6.36. The van der Waals surface area contributed by atoms with Crippen LogP contribution in [0.25, 0.3) is 0 Å². The second-order valence-electron chi connectivity index (χ2n) is 4.58. The van der Waals surface area contributed by atoms with E-state index in [1.165, 1.54) is 24.3 Å². The van der Waals surface area contributed by atoms with E-state index in [0.717, 1.165) is 11.3 Å². The van der Waals surface area contributed by atoms with Gasteiger partial charge in [0, 0.05) is 17.8 Å². The van der Waals surface area contributed by atoms with E-state index in [0.29, 0.717) is 11.4 Å². The minimum Gasteiger partial charge on any atom is -0.466 e. The highest BCUT2D eigenvalue weighted by molar-refractivity contribution is 6.39. The fourth-order valence-electron chi connectivity index (χ4n) is 1.84. The maximum atomic E-state index is 12.7. The summed E-state index contributed by atoms with van der Waals surface area (Å²) in [5.74, 6) is -0.542. The number of anilines is 1. The second-order valence-corrected chi connectivity index (χ2v) is 4.58. The second kappa shape index (κ2) is 6.21. The fraction of sp³-hybridized carbons (Fsp3) is 0.200. The van der Waals surface area contributed by atoms with Crippen molar-refractivity contribution in [2.75, 3.05) is 5.32 Å². The molecule has 0 bridgehead atoms. The Hall–Kier alpha value is -2.63. The molecule has 2 amide bonds. The predicted molar refractivity (Wildman–Crippen MR) is 75.1 cm³/mol. The molecule has 5 nitrogen and oxygen atoms in total. The third kappa shape index (κ3) is 3.92. The van der Waals surface area contributed by atoms with Crippen LogP contribution in [0.4, 0.5) is 10.1 Å². The molecule has 6 heteroatoms. The van der Waals surface area contributed by atoms with E-state index in [9.17, 15) is 14.0 Å². The van der Waals surface area contributed by atoms with Crippen LogP contribution >= 0.6 is 0 Å².